The minimum Gasteiger partial charge on any atom is -0.550 e. The van der Waals surface area contributed by atoms with E-state index in [1.165, 1.54) is 9.80 Å². The van der Waals surface area contributed by atoms with Crippen LogP contribution in [-0.2, 0) is 20.9 Å². The SMILES string of the molecule is CC(C)(CC(=O)[O-])CC(=O)N1CCN2C(=O)N(Cc3ccccc3)C(=O)[C@H]2C1. The van der Waals surface area contributed by atoms with Gasteiger partial charge in [-0.3, -0.25) is 14.5 Å². The molecule has 4 amide bonds. The van der Waals surface area contributed by atoms with Crippen molar-refractivity contribution in [3.8, 4) is 0 Å². The summed E-state index contributed by atoms with van der Waals surface area (Å²) in [6.07, 6.45) is -0.173. The van der Waals surface area contributed by atoms with Crippen molar-refractivity contribution in [3.05, 3.63) is 35.9 Å². The molecule has 0 unspecified atom stereocenters. The highest BCUT2D eigenvalue weighted by Gasteiger charge is 2.48. The number of carboxylic acids is 1. The predicted molar refractivity (Wildman–Crippen MR) is 97.5 cm³/mol. The first-order valence-corrected chi connectivity index (χ1v) is 9.31. The molecule has 0 saturated carbocycles. The molecule has 8 heteroatoms. The van der Waals surface area contributed by atoms with Gasteiger partial charge in [0.1, 0.15) is 6.04 Å². The number of hydrogen-bond donors (Lipinski definition) is 0. The molecule has 28 heavy (non-hydrogen) atoms. The Kier molecular flexibility index (Phi) is 5.40. The first kappa shape index (κ1) is 19.9. The molecular weight excluding hydrogens is 362 g/mol. The monoisotopic (exact) mass is 386 g/mol. The van der Waals surface area contributed by atoms with Gasteiger partial charge in [0.2, 0.25) is 5.91 Å². The van der Waals surface area contributed by atoms with Crippen LogP contribution in [0.1, 0.15) is 32.3 Å². The van der Waals surface area contributed by atoms with Crippen molar-refractivity contribution in [1.29, 1.82) is 0 Å². The Morgan fingerprint density at radius 1 is 1.11 bits per heavy atom. The fraction of sp³-hybridized carbons (Fsp3) is 0.500. The van der Waals surface area contributed by atoms with Crippen LogP contribution in [0.3, 0.4) is 0 Å². The number of imide groups is 1. The van der Waals surface area contributed by atoms with E-state index in [2.05, 4.69) is 0 Å². The number of urea groups is 1. The molecule has 3 rings (SSSR count). The van der Waals surface area contributed by atoms with Crippen molar-refractivity contribution in [2.75, 3.05) is 19.6 Å². The Morgan fingerprint density at radius 3 is 2.43 bits per heavy atom. The Labute approximate surface area is 163 Å². The van der Waals surface area contributed by atoms with Gasteiger partial charge in [0, 0.05) is 25.5 Å². The number of carboxylic acid groups (broad SMARTS) is 1. The molecule has 0 aromatic heterocycles. The molecule has 1 aromatic carbocycles. The third kappa shape index (κ3) is 4.16. The lowest BCUT2D eigenvalue weighted by Gasteiger charge is -2.37. The van der Waals surface area contributed by atoms with Crippen LogP contribution in [0.2, 0.25) is 0 Å². The summed E-state index contributed by atoms with van der Waals surface area (Å²) in [5, 5.41) is 10.9. The number of nitrogens with zero attached hydrogens (tertiary/aromatic N) is 3. The second-order valence-electron chi connectivity index (χ2n) is 8.13. The van der Waals surface area contributed by atoms with Crippen LogP contribution in [0.4, 0.5) is 4.79 Å². The molecule has 2 heterocycles. The molecule has 1 aromatic rings. The first-order valence-electron chi connectivity index (χ1n) is 9.31. The average molecular weight is 386 g/mol. The number of piperazine rings is 1. The van der Waals surface area contributed by atoms with E-state index in [4.69, 9.17) is 0 Å². The first-order chi connectivity index (χ1) is 13.2. The second-order valence-corrected chi connectivity index (χ2v) is 8.13. The minimum atomic E-state index is -1.20. The summed E-state index contributed by atoms with van der Waals surface area (Å²) < 4.78 is 0. The lowest BCUT2D eigenvalue weighted by atomic mass is 9.85. The molecule has 0 spiro atoms. The van der Waals surface area contributed by atoms with Crippen LogP contribution in [0.5, 0.6) is 0 Å². The van der Waals surface area contributed by atoms with Gasteiger partial charge < -0.3 is 19.7 Å². The normalized spacial score (nSPS) is 19.8. The van der Waals surface area contributed by atoms with E-state index in [0.29, 0.717) is 6.54 Å². The number of amides is 4. The van der Waals surface area contributed by atoms with Crippen molar-refractivity contribution >= 4 is 23.8 Å². The quantitative estimate of drug-likeness (QED) is 0.651. The predicted octanol–water partition coefficient (Wildman–Crippen LogP) is 0.218. The summed E-state index contributed by atoms with van der Waals surface area (Å²) in [6.45, 7) is 4.35. The molecule has 1 atom stereocenters. The smallest absolute Gasteiger partial charge is 0.327 e. The van der Waals surface area contributed by atoms with Gasteiger partial charge in [-0.2, -0.15) is 0 Å². The molecule has 150 valence electrons. The number of hydrogen-bond acceptors (Lipinski definition) is 5. The molecule has 0 aliphatic carbocycles. The van der Waals surface area contributed by atoms with Crippen LogP contribution in [0.25, 0.3) is 0 Å². The molecule has 2 aliphatic heterocycles. The molecule has 0 radical (unpaired) electrons. The Hall–Kier alpha value is -2.90. The van der Waals surface area contributed by atoms with Crippen LogP contribution >= 0.6 is 0 Å². The maximum absolute atomic E-state index is 12.8. The molecular formula is C20H24N3O5-. The number of rotatable bonds is 6. The number of carbonyl (C=O) groups is 4. The Bertz CT molecular complexity index is 792. The summed E-state index contributed by atoms with van der Waals surface area (Å²) in [6, 6.07) is 8.26. The van der Waals surface area contributed by atoms with E-state index in [-0.39, 0.29) is 50.3 Å². The van der Waals surface area contributed by atoms with E-state index < -0.39 is 17.4 Å². The molecule has 8 nitrogen and oxygen atoms in total. The number of carbonyl (C=O) groups excluding carboxylic acids is 4. The zero-order chi connectivity index (χ0) is 20.5. The summed E-state index contributed by atoms with van der Waals surface area (Å²) in [5.41, 5.74) is 0.128. The van der Waals surface area contributed by atoms with Gasteiger partial charge in [-0.1, -0.05) is 44.2 Å². The third-order valence-electron chi connectivity index (χ3n) is 5.20. The van der Waals surface area contributed by atoms with Crippen molar-refractivity contribution in [2.24, 2.45) is 5.41 Å². The molecule has 0 N–H and O–H groups in total. The van der Waals surface area contributed by atoms with Crippen LogP contribution in [0.15, 0.2) is 30.3 Å². The summed E-state index contributed by atoms with van der Waals surface area (Å²) in [5.74, 6) is -1.72. The maximum Gasteiger partial charge on any atom is 0.327 e. The van der Waals surface area contributed by atoms with Gasteiger partial charge in [-0.15, -0.1) is 0 Å². The highest BCUT2D eigenvalue weighted by molar-refractivity contribution is 6.04. The zero-order valence-electron chi connectivity index (χ0n) is 16.1. The van der Waals surface area contributed by atoms with Crippen molar-refractivity contribution < 1.29 is 24.3 Å². The Morgan fingerprint density at radius 2 is 1.79 bits per heavy atom. The zero-order valence-corrected chi connectivity index (χ0v) is 16.1. The van der Waals surface area contributed by atoms with Crippen LogP contribution < -0.4 is 5.11 Å². The summed E-state index contributed by atoms with van der Waals surface area (Å²) in [7, 11) is 0. The van der Waals surface area contributed by atoms with E-state index in [1.54, 1.807) is 18.7 Å². The lowest BCUT2D eigenvalue weighted by Crippen LogP contribution is -2.55. The van der Waals surface area contributed by atoms with E-state index in [9.17, 15) is 24.3 Å². The number of fused-ring (bicyclic) bond motifs is 1. The summed E-state index contributed by atoms with van der Waals surface area (Å²) in [4.78, 5) is 53.2. The largest absolute Gasteiger partial charge is 0.550 e. The highest BCUT2D eigenvalue weighted by Crippen LogP contribution is 2.28. The van der Waals surface area contributed by atoms with Gasteiger partial charge in [-0.05, 0) is 17.4 Å². The van der Waals surface area contributed by atoms with E-state index in [0.717, 1.165) is 5.56 Å². The van der Waals surface area contributed by atoms with Crippen molar-refractivity contribution in [3.63, 3.8) is 0 Å². The van der Waals surface area contributed by atoms with E-state index in [1.807, 2.05) is 30.3 Å². The van der Waals surface area contributed by atoms with Crippen molar-refractivity contribution in [2.45, 2.75) is 39.3 Å². The molecule has 2 saturated heterocycles. The topological polar surface area (TPSA) is 101 Å². The Balaban J connectivity index is 1.66. The average Bonchev–Trinajstić information content (AvgIpc) is 2.85. The van der Waals surface area contributed by atoms with Gasteiger partial charge in [0.15, 0.2) is 0 Å². The summed E-state index contributed by atoms with van der Waals surface area (Å²) >= 11 is 0. The van der Waals surface area contributed by atoms with Gasteiger partial charge in [0.25, 0.3) is 5.91 Å². The molecule has 2 aliphatic rings. The lowest BCUT2D eigenvalue weighted by molar-refractivity contribution is -0.307. The third-order valence-corrected chi connectivity index (χ3v) is 5.20. The fourth-order valence-electron chi connectivity index (χ4n) is 3.76. The second kappa shape index (κ2) is 7.61. The molecule has 0 bridgehead atoms. The van der Waals surface area contributed by atoms with Gasteiger partial charge in [-0.25, -0.2) is 4.79 Å². The minimum absolute atomic E-state index is 0.0452. The van der Waals surface area contributed by atoms with Gasteiger partial charge in [0.05, 0.1) is 13.1 Å². The molecule has 2 fully saturated rings. The van der Waals surface area contributed by atoms with Crippen molar-refractivity contribution in [1.82, 2.24) is 14.7 Å². The number of benzene rings is 1. The van der Waals surface area contributed by atoms with Gasteiger partial charge >= 0.3 is 6.03 Å². The number of aliphatic carboxylic acids is 1. The standard InChI is InChI=1S/C20H25N3O5/c1-20(2,11-17(25)26)10-16(24)21-8-9-22-15(13-21)18(27)23(19(22)28)12-14-6-4-3-5-7-14/h3-7,15H,8-13H2,1-2H3,(H,25,26)/p-1/t15-/m1/s1. The maximum atomic E-state index is 12.8. The van der Waals surface area contributed by atoms with Crippen LogP contribution in [0, 0.1) is 5.41 Å². The highest BCUT2D eigenvalue weighted by atomic mass is 16.4. The fourth-order valence-corrected chi connectivity index (χ4v) is 3.76. The van der Waals surface area contributed by atoms with Crippen LogP contribution in [-0.4, -0.2) is 64.2 Å². The van der Waals surface area contributed by atoms with E-state index >= 15 is 0 Å².